The molecule has 0 aliphatic rings. The number of rotatable bonds is 3. The molecule has 0 saturated carbocycles. The second kappa shape index (κ2) is 6.04. The van der Waals surface area contributed by atoms with E-state index in [1.807, 2.05) is 63.2 Å². The van der Waals surface area contributed by atoms with Crippen molar-refractivity contribution < 1.29 is 9.53 Å². The third kappa shape index (κ3) is 3.27. The lowest BCUT2D eigenvalue weighted by Gasteiger charge is -2.17. The zero-order chi connectivity index (χ0) is 17.3. The second-order valence-corrected chi connectivity index (χ2v) is 6.92. The van der Waals surface area contributed by atoms with Crippen LogP contribution in [0, 0.1) is 5.41 Å². The maximum Gasteiger partial charge on any atom is 0.229 e. The molecule has 4 nitrogen and oxygen atoms in total. The topological polar surface area (TPSA) is 54.1 Å². The predicted molar refractivity (Wildman–Crippen MR) is 98.4 cm³/mol. The van der Waals surface area contributed by atoms with E-state index in [2.05, 4.69) is 16.4 Å². The van der Waals surface area contributed by atoms with Crippen molar-refractivity contribution in [2.45, 2.75) is 20.8 Å². The van der Waals surface area contributed by atoms with Gasteiger partial charge in [-0.2, -0.15) is 0 Å². The summed E-state index contributed by atoms with van der Waals surface area (Å²) in [6.07, 6.45) is 0. The molecule has 24 heavy (non-hydrogen) atoms. The van der Waals surface area contributed by atoms with Crippen LogP contribution < -0.4 is 10.1 Å². The smallest absolute Gasteiger partial charge is 0.229 e. The van der Waals surface area contributed by atoms with Gasteiger partial charge in [0, 0.05) is 27.7 Å². The Labute approximate surface area is 141 Å². The van der Waals surface area contributed by atoms with Gasteiger partial charge in [-0.05, 0) is 42.0 Å². The number of nitrogens with one attached hydrogen (secondary N) is 2. The number of hydrogen-bond donors (Lipinski definition) is 2. The van der Waals surface area contributed by atoms with E-state index in [0.717, 1.165) is 33.6 Å². The first-order valence-electron chi connectivity index (χ1n) is 7.95. The number of H-pyrrole nitrogens is 1. The first-order valence-corrected chi connectivity index (χ1v) is 7.95. The maximum atomic E-state index is 12.0. The fraction of sp³-hybridized carbons (Fsp3) is 0.250. The van der Waals surface area contributed by atoms with Gasteiger partial charge in [0.15, 0.2) is 0 Å². The molecule has 2 N–H and O–H groups in total. The molecule has 0 saturated heterocycles. The zero-order valence-corrected chi connectivity index (χ0v) is 14.4. The fourth-order valence-electron chi connectivity index (χ4n) is 2.44. The average molecular weight is 322 g/mol. The third-order valence-corrected chi connectivity index (χ3v) is 3.96. The molecular formula is C20H22N2O2. The number of methoxy groups -OCH3 is 1. The number of amides is 1. The Bertz CT molecular complexity index is 871. The molecule has 1 aromatic heterocycles. The van der Waals surface area contributed by atoms with Gasteiger partial charge in [-0.1, -0.05) is 32.9 Å². The van der Waals surface area contributed by atoms with Gasteiger partial charge < -0.3 is 15.0 Å². The number of anilines is 1. The number of hydrogen-bond acceptors (Lipinski definition) is 2. The van der Waals surface area contributed by atoms with Crippen molar-refractivity contribution in [2.75, 3.05) is 12.4 Å². The van der Waals surface area contributed by atoms with Crippen LogP contribution in [0.5, 0.6) is 5.75 Å². The molecule has 2 aromatic carbocycles. The molecule has 0 spiro atoms. The molecule has 3 rings (SSSR count). The van der Waals surface area contributed by atoms with E-state index in [-0.39, 0.29) is 5.91 Å². The molecule has 0 aliphatic heterocycles. The molecule has 0 radical (unpaired) electrons. The van der Waals surface area contributed by atoms with Gasteiger partial charge in [0.2, 0.25) is 5.91 Å². The summed E-state index contributed by atoms with van der Waals surface area (Å²) in [4.78, 5) is 15.4. The Hall–Kier alpha value is -2.75. The number of carbonyl (C=O) groups excluding carboxylic acids is 1. The van der Waals surface area contributed by atoms with E-state index < -0.39 is 5.41 Å². The van der Waals surface area contributed by atoms with Crippen molar-refractivity contribution in [2.24, 2.45) is 5.41 Å². The van der Waals surface area contributed by atoms with Crippen molar-refractivity contribution in [1.82, 2.24) is 4.98 Å². The molecular weight excluding hydrogens is 300 g/mol. The lowest BCUT2D eigenvalue weighted by molar-refractivity contribution is -0.123. The van der Waals surface area contributed by atoms with Gasteiger partial charge in [-0.15, -0.1) is 0 Å². The minimum atomic E-state index is -0.408. The zero-order valence-electron chi connectivity index (χ0n) is 14.4. The minimum Gasteiger partial charge on any atom is -0.497 e. The number of ether oxygens (including phenoxy) is 1. The van der Waals surface area contributed by atoms with E-state index in [1.165, 1.54) is 0 Å². The van der Waals surface area contributed by atoms with E-state index >= 15 is 0 Å². The van der Waals surface area contributed by atoms with Gasteiger partial charge in [-0.25, -0.2) is 0 Å². The Kier molecular flexibility index (Phi) is 4.06. The van der Waals surface area contributed by atoms with Crippen LogP contribution in [0.4, 0.5) is 5.69 Å². The van der Waals surface area contributed by atoms with Crippen molar-refractivity contribution in [3.05, 3.63) is 48.5 Å². The lowest BCUT2D eigenvalue weighted by Crippen LogP contribution is -2.27. The molecule has 1 amide bonds. The minimum absolute atomic E-state index is 0.00737. The Morgan fingerprint density at radius 3 is 2.38 bits per heavy atom. The van der Waals surface area contributed by atoms with Gasteiger partial charge in [0.05, 0.1) is 7.11 Å². The normalized spacial score (nSPS) is 11.5. The molecule has 0 bridgehead atoms. The Balaban J connectivity index is 1.84. The van der Waals surface area contributed by atoms with Crippen LogP contribution in [0.15, 0.2) is 48.5 Å². The molecule has 0 fully saturated rings. The van der Waals surface area contributed by atoms with Crippen molar-refractivity contribution in [3.63, 3.8) is 0 Å². The Morgan fingerprint density at radius 1 is 1.04 bits per heavy atom. The quantitative estimate of drug-likeness (QED) is 0.726. The predicted octanol–water partition coefficient (Wildman–Crippen LogP) is 4.83. The summed E-state index contributed by atoms with van der Waals surface area (Å²) in [5.74, 6) is 0.848. The summed E-state index contributed by atoms with van der Waals surface area (Å²) >= 11 is 0. The van der Waals surface area contributed by atoms with Crippen LogP contribution in [0.25, 0.3) is 22.2 Å². The number of fused-ring (bicyclic) bond motifs is 1. The van der Waals surface area contributed by atoms with Crippen molar-refractivity contribution >= 4 is 22.5 Å². The third-order valence-electron chi connectivity index (χ3n) is 3.96. The van der Waals surface area contributed by atoms with Gasteiger partial charge in [0.25, 0.3) is 0 Å². The summed E-state index contributed by atoms with van der Waals surface area (Å²) in [5, 5.41) is 4.04. The Morgan fingerprint density at radius 2 is 1.75 bits per heavy atom. The van der Waals surface area contributed by atoms with Crippen molar-refractivity contribution in [1.29, 1.82) is 0 Å². The highest BCUT2D eigenvalue weighted by molar-refractivity contribution is 5.95. The highest BCUT2D eigenvalue weighted by Crippen LogP contribution is 2.28. The fourth-order valence-corrected chi connectivity index (χ4v) is 2.44. The summed E-state index contributed by atoms with van der Waals surface area (Å²) in [6.45, 7) is 5.69. The average Bonchev–Trinajstić information content (AvgIpc) is 2.97. The largest absolute Gasteiger partial charge is 0.497 e. The summed E-state index contributed by atoms with van der Waals surface area (Å²) in [5.41, 5.74) is 3.56. The molecule has 1 heterocycles. The molecule has 4 heteroatoms. The number of aromatic nitrogens is 1. The van der Waals surface area contributed by atoms with Crippen LogP contribution in [-0.2, 0) is 4.79 Å². The maximum absolute atomic E-state index is 12.0. The van der Waals surface area contributed by atoms with Crippen LogP contribution in [0.2, 0.25) is 0 Å². The summed E-state index contributed by atoms with van der Waals surface area (Å²) in [7, 11) is 1.67. The highest BCUT2D eigenvalue weighted by Gasteiger charge is 2.21. The first-order chi connectivity index (χ1) is 11.4. The standard InChI is InChI=1S/C20H22N2O2/c1-20(2,3)19(23)21-15-7-5-13(6-8-15)18-12-14-11-16(24-4)9-10-17(14)22-18/h5-12,22H,1-4H3,(H,21,23). The number of carbonyl (C=O) groups is 1. The summed E-state index contributed by atoms with van der Waals surface area (Å²) in [6, 6.07) is 15.9. The van der Waals surface area contributed by atoms with Crippen LogP contribution in [-0.4, -0.2) is 18.0 Å². The number of aromatic amines is 1. The van der Waals surface area contributed by atoms with Gasteiger partial charge >= 0.3 is 0 Å². The van der Waals surface area contributed by atoms with Crippen LogP contribution >= 0.6 is 0 Å². The van der Waals surface area contributed by atoms with Crippen LogP contribution in [0.1, 0.15) is 20.8 Å². The van der Waals surface area contributed by atoms with E-state index in [0.29, 0.717) is 0 Å². The van der Waals surface area contributed by atoms with Gasteiger partial charge in [-0.3, -0.25) is 4.79 Å². The molecule has 124 valence electrons. The van der Waals surface area contributed by atoms with E-state index in [1.54, 1.807) is 7.11 Å². The molecule has 0 unspecified atom stereocenters. The summed E-state index contributed by atoms with van der Waals surface area (Å²) < 4.78 is 5.26. The van der Waals surface area contributed by atoms with Crippen LogP contribution in [0.3, 0.4) is 0 Å². The molecule has 3 aromatic rings. The van der Waals surface area contributed by atoms with Crippen molar-refractivity contribution in [3.8, 4) is 17.0 Å². The highest BCUT2D eigenvalue weighted by atomic mass is 16.5. The molecule has 0 aliphatic carbocycles. The molecule has 0 atom stereocenters. The van der Waals surface area contributed by atoms with E-state index in [4.69, 9.17) is 4.74 Å². The SMILES string of the molecule is COc1ccc2[nH]c(-c3ccc(NC(=O)C(C)(C)C)cc3)cc2c1. The number of benzene rings is 2. The lowest BCUT2D eigenvalue weighted by atomic mass is 9.95. The van der Waals surface area contributed by atoms with Gasteiger partial charge in [0.1, 0.15) is 5.75 Å². The van der Waals surface area contributed by atoms with E-state index in [9.17, 15) is 4.79 Å². The monoisotopic (exact) mass is 322 g/mol. The second-order valence-electron chi connectivity index (χ2n) is 6.92. The first kappa shape index (κ1) is 16.1.